The van der Waals surface area contributed by atoms with Crippen LogP contribution in [0.4, 0.5) is 5.69 Å². The van der Waals surface area contributed by atoms with Crippen LogP contribution in [0, 0.1) is 0 Å². The third-order valence-electron chi connectivity index (χ3n) is 3.46. The number of unbranched alkanes of at least 4 members (excludes halogenated alkanes) is 3. The first-order valence-electron chi connectivity index (χ1n) is 7.89. The summed E-state index contributed by atoms with van der Waals surface area (Å²) in [6.45, 7) is 2.53. The minimum Gasteiger partial charge on any atom is -0.350 e. The normalized spacial score (nSPS) is 12.1. The van der Waals surface area contributed by atoms with Gasteiger partial charge in [-0.25, -0.2) is 8.42 Å². The van der Waals surface area contributed by atoms with Crippen molar-refractivity contribution in [2.75, 3.05) is 17.5 Å². The van der Waals surface area contributed by atoms with E-state index in [2.05, 4.69) is 10.0 Å². The monoisotopic (exact) mass is 377 g/mol. The van der Waals surface area contributed by atoms with Gasteiger partial charge >= 0.3 is 0 Å². The van der Waals surface area contributed by atoms with Crippen LogP contribution in [-0.2, 0) is 14.8 Å². The standard InChI is InChI=1S/C16H27N3O3S.ClH/c1-13(18-16(20)11-5-3-4-8-12-17)14-9-6-7-10-15(14)19-23(2,21)22;/h6-7,9-10,13,19H,3-5,8,11-12,17H2,1-2H3,(H,18,20);1H. The summed E-state index contributed by atoms with van der Waals surface area (Å²) in [5.74, 6) is -0.0283. The van der Waals surface area contributed by atoms with E-state index in [1.165, 1.54) is 0 Å². The molecule has 8 heteroatoms. The van der Waals surface area contributed by atoms with Crippen molar-refractivity contribution in [3.63, 3.8) is 0 Å². The molecule has 0 saturated heterocycles. The summed E-state index contributed by atoms with van der Waals surface area (Å²) in [4.78, 5) is 12.0. The van der Waals surface area contributed by atoms with Gasteiger partial charge in [0, 0.05) is 6.42 Å². The molecule has 0 aliphatic carbocycles. The van der Waals surface area contributed by atoms with Crippen molar-refractivity contribution in [1.29, 1.82) is 0 Å². The van der Waals surface area contributed by atoms with Crippen molar-refractivity contribution in [3.8, 4) is 0 Å². The van der Waals surface area contributed by atoms with Crippen molar-refractivity contribution >= 4 is 34.0 Å². The van der Waals surface area contributed by atoms with Crippen molar-refractivity contribution in [3.05, 3.63) is 29.8 Å². The average Bonchev–Trinajstić information content (AvgIpc) is 2.45. The van der Waals surface area contributed by atoms with Gasteiger partial charge < -0.3 is 11.1 Å². The lowest BCUT2D eigenvalue weighted by Crippen LogP contribution is -2.27. The van der Waals surface area contributed by atoms with Crippen LogP contribution in [-0.4, -0.2) is 27.1 Å². The zero-order chi connectivity index (χ0) is 17.3. The number of hydrogen-bond acceptors (Lipinski definition) is 4. The van der Waals surface area contributed by atoms with Crippen molar-refractivity contribution in [2.24, 2.45) is 5.73 Å². The van der Waals surface area contributed by atoms with Gasteiger partial charge in [0.2, 0.25) is 15.9 Å². The molecule has 0 aliphatic heterocycles. The van der Waals surface area contributed by atoms with Gasteiger partial charge in [-0.2, -0.15) is 0 Å². The number of halogens is 1. The second-order valence-electron chi connectivity index (χ2n) is 5.70. The largest absolute Gasteiger partial charge is 0.350 e. The summed E-state index contributed by atoms with van der Waals surface area (Å²) >= 11 is 0. The van der Waals surface area contributed by atoms with Gasteiger partial charge in [0.15, 0.2) is 0 Å². The van der Waals surface area contributed by atoms with Gasteiger partial charge in [0.05, 0.1) is 18.0 Å². The fourth-order valence-electron chi connectivity index (χ4n) is 2.34. The topological polar surface area (TPSA) is 101 Å². The third-order valence-corrected chi connectivity index (χ3v) is 4.05. The van der Waals surface area contributed by atoms with Gasteiger partial charge in [-0.3, -0.25) is 9.52 Å². The Morgan fingerprint density at radius 1 is 1.17 bits per heavy atom. The number of benzene rings is 1. The lowest BCUT2D eigenvalue weighted by molar-refractivity contribution is -0.121. The number of anilines is 1. The first-order valence-corrected chi connectivity index (χ1v) is 9.79. The molecule has 1 amide bonds. The molecule has 0 saturated carbocycles. The molecule has 0 aliphatic rings. The molecule has 6 nitrogen and oxygen atoms in total. The Morgan fingerprint density at radius 3 is 2.42 bits per heavy atom. The number of nitrogens with one attached hydrogen (secondary N) is 2. The number of amides is 1. The summed E-state index contributed by atoms with van der Waals surface area (Å²) in [7, 11) is -3.36. The molecule has 0 spiro atoms. The molecule has 1 aromatic carbocycles. The molecule has 1 rings (SSSR count). The Labute approximate surface area is 151 Å². The average molecular weight is 378 g/mol. The van der Waals surface area contributed by atoms with Crippen LogP contribution in [0.25, 0.3) is 0 Å². The molecule has 24 heavy (non-hydrogen) atoms. The molecule has 1 aromatic rings. The van der Waals surface area contributed by atoms with Gasteiger partial charge in [-0.05, 0) is 37.9 Å². The van der Waals surface area contributed by atoms with E-state index in [4.69, 9.17) is 5.73 Å². The fourth-order valence-corrected chi connectivity index (χ4v) is 2.93. The molecule has 1 atom stereocenters. The molecule has 4 N–H and O–H groups in total. The summed E-state index contributed by atoms with van der Waals surface area (Å²) < 4.78 is 25.3. The van der Waals surface area contributed by atoms with Crippen LogP contribution in [0.15, 0.2) is 24.3 Å². The maximum absolute atomic E-state index is 12.0. The SMILES string of the molecule is CC(NC(=O)CCCCCCN)c1ccccc1NS(C)(=O)=O.Cl. The predicted molar refractivity (Wildman–Crippen MR) is 101 cm³/mol. The lowest BCUT2D eigenvalue weighted by Gasteiger charge is -2.18. The van der Waals surface area contributed by atoms with E-state index in [0.29, 0.717) is 18.7 Å². The fraction of sp³-hybridized carbons (Fsp3) is 0.562. The molecule has 1 unspecified atom stereocenters. The molecule has 0 fully saturated rings. The van der Waals surface area contributed by atoms with Crippen LogP contribution in [0.3, 0.4) is 0 Å². The maximum atomic E-state index is 12.0. The van der Waals surface area contributed by atoms with Crippen molar-refractivity contribution < 1.29 is 13.2 Å². The summed E-state index contributed by atoms with van der Waals surface area (Å²) in [6.07, 6.45) is 5.43. The number of carbonyl (C=O) groups excluding carboxylic acids is 1. The second-order valence-corrected chi connectivity index (χ2v) is 7.45. The van der Waals surface area contributed by atoms with Gasteiger partial charge in [0.1, 0.15) is 0 Å². The van der Waals surface area contributed by atoms with E-state index >= 15 is 0 Å². The minimum absolute atomic E-state index is 0. The Kier molecular flexibility index (Phi) is 10.7. The highest BCUT2D eigenvalue weighted by Crippen LogP contribution is 2.23. The van der Waals surface area contributed by atoms with Crippen LogP contribution in [0.1, 0.15) is 50.6 Å². The minimum atomic E-state index is -3.36. The van der Waals surface area contributed by atoms with Gasteiger partial charge in [-0.15, -0.1) is 12.4 Å². The molecular weight excluding hydrogens is 350 g/mol. The molecule has 138 valence electrons. The van der Waals surface area contributed by atoms with Gasteiger partial charge in [-0.1, -0.05) is 31.0 Å². The van der Waals surface area contributed by atoms with Gasteiger partial charge in [0.25, 0.3) is 0 Å². The quantitative estimate of drug-likeness (QED) is 0.545. The van der Waals surface area contributed by atoms with E-state index in [0.717, 1.165) is 37.5 Å². The van der Waals surface area contributed by atoms with E-state index in [9.17, 15) is 13.2 Å². The number of carbonyl (C=O) groups is 1. The van der Waals surface area contributed by atoms with Crippen molar-refractivity contribution in [2.45, 2.75) is 45.1 Å². The number of hydrogen-bond donors (Lipinski definition) is 3. The second kappa shape index (κ2) is 11.3. The molecule has 0 heterocycles. The van der Waals surface area contributed by atoms with Crippen molar-refractivity contribution in [1.82, 2.24) is 5.32 Å². The summed E-state index contributed by atoms with van der Waals surface area (Å²) in [5, 5.41) is 2.91. The highest BCUT2D eigenvalue weighted by Gasteiger charge is 2.14. The highest BCUT2D eigenvalue weighted by molar-refractivity contribution is 7.92. The first-order chi connectivity index (χ1) is 10.8. The Balaban J connectivity index is 0.00000529. The number of para-hydroxylation sites is 1. The van der Waals surface area contributed by atoms with Crippen LogP contribution >= 0.6 is 12.4 Å². The zero-order valence-electron chi connectivity index (χ0n) is 14.2. The number of nitrogens with two attached hydrogens (primary N) is 1. The van der Waals surface area contributed by atoms with E-state index in [-0.39, 0.29) is 24.4 Å². The zero-order valence-corrected chi connectivity index (χ0v) is 15.9. The Hall–Kier alpha value is -1.31. The predicted octanol–water partition coefficient (Wildman–Crippen LogP) is 2.57. The molecule has 0 bridgehead atoms. The first kappa shape index (κ1) is 22.7. The highest BCUT2D eigenvalue weighted by atomic mass is 35.5. The van der Waals surface area contributed by atoms with Crippen LogP contribution < -0.4 is 15.8 Å². The third kappa shape index (κ3) is 9.10. The Bertz CT molecular complexity index is 608. The smallest absolute Gasteiger partial charge is 0.229 e. The van der Waals surface area contributed by atoms with E-state index in [1.54, 1.807) is 18.2 Å². The molecule has 0 aromatic heterocycles. The lowest BCUT2D eigenvalue weighted by atomic mass is 10.1. The molecular formula is C16H28ClN3O3S. The van der Waals surface area contributed by atoms with Crippen LogP contribution in [0.2, 0.25) is 0 Å². The summed E-state index contributed by atoms with van der Waals surface area (Å²) in [5.41, 5.74) is 6.67. The van der Waals surface area contributed by atoms with Crippen LogP contribution in [0.5, 0.6) is 0 Å². The van der Waals surface area contributed by atoms with E-state index in [1.807, 2.05) is 13.0 Å². The summed E-state index contributed by atoms with van der Waals surface area (Å²) in [6, 6.07) is 6.80. The van der Waals surface area contributed by atoms with E-state index < -0.39 is 10.0 Å². The Morgan fingerprint density at radius 2 is 1.79 bits per heavy atom. The number of sulfonamides is 1. The maximum Gasteiger partial charge on any atom is 0.229 e. The molecule has 0 radical (unpaired) electrons. The number of rotatable bonds is 10.